The molecule has 0 saturated heterocycles. The molecule has 64 valence electrons. The van der Waals surface area contributed by atoms with Crippen LogP contribution in [0.25, 0.3) is 0 Å². The number of aliphatic hydroxyl groups excluding tert-OH is 2. The predicted octanol–water partition coefficient (Wildman–Crippen LogP) is -11.7. The van der Waals surface area contributed by atoms with Gasteiger partial charge in [-0.15, -0.1) is 0 Å². The number of rotatable bonds is 3. The van der Waals surface area contributed by atoms with Gasteiger partial charge in [0.1, 0.15) is 12.2 Å². The first-order valence-corrected chi connectivity index (χ1v) is 2.24. The number of hydrogen-bond donors (Lipinski definition) is 2. The molecule has 0 spiro atoms. The Labute approximate surface area is 159 Å². The minimum atomic E-state index is -2.44. The summed E-state index contributed by atoms with van der Waals surface area (Å²) in [4.78, 5) is 19.3. The number of carbonyl (C=O) groups excluding carboxylic acids is 2. The molecule has 0 aromatic rings. The topological polar surface area (TPSA) is 121 Å². The van der Waals surface area contributed by atoms with Gasteiger partial charge in [0, 0.05) is 0 Å². The SMILES string of the molecule is O=C([O-])C(O)C(O)C(=O)[O-].[K+].[Na+].[PbH2]. The molecule has 0 bridgehead atoms. The second-order valence-corrected chi connectivity index (χ2v) is 1.53. The number of hydrogen-bond acceptors (Lipinski definition) is 6. The van der Waals surface area contributed by atoms with Crippen molar-refractivity contribution in [2.24, 2.45) is 0 Å². The summed E-state index contributed by atoms with van der Waals surface area (Å²) in [5.74, 6) is -4.12. The van der Waals surface area contributed by atoms with Crippen molar-refractivity contribution in [2.45, 2.75) is 12.2 Å². The van der Waals surface area contributed by atoms with Crippen molar-refractivity contribution in [1.82, 2.24) is 0 Å². The minimum absolute atomic E-state index is 0. The predicted molar refractivity (Wildman–Crippen MR) is 30.6 cm³/mol. The van der Waals surface area contributed by atoms with Gasteiger partial charge in [0.2, 0.25) is 0 Å². The summed E-state index contributed by atoms with van der Waals surface area (Å²) in [5, 5.41) is 35.7. The first-order valence-electron chi connectivity index (χ1n) is 2.24. The van der Waals surface area contributed by atoms with Crippen LogP contribution >= 0.6 is 0 Å². The molecule has 0 saturated carbocycles. The number of aliphatic carboxylic acids is 2. The fourth-order valence-corrected chi connectivity index (χ4v) is 0.258. The van der Waals surface area contributed by atoms with Crippen LogP contribution < -0.4 is 91.2 Å². The van der Waals surface area contributed by atoms with Crippen LogP contribution in [0.1, 0.15) is 0 Å². The van der Waals surface area contributed by atoms with Gasteiger partial charge in [0.05, 0.1) is 11.9 Å². The molecule has 0 aromatic heterocycles. The standard InChI is InChI=1S/C4H6O6.K.Na.Pb.2H/c5-1(3(7)8)2(6)4(9)10;;;;;/h1-2,5-6H,(H,7,8)(H,9,10);;;;;/q;2*+1;;;/p-2. The molecule has 13 heavy (non-hydrogen) atoms. The average Bonchev–Trinajstić information content (AvgIpc) is 1.84. The van der Waals surface area contributed by atoms with Crippen LogP contribution in [0, 0.1) is 0 Å². The Hall–Kier alpha value is 2.42. The fraction of sp³-hybridized carbons (Fsp3) is 0.500. The quantitative estimate of drug-likeness (QED) is 0.439. The van der Waals surface area contributed by atoms with Gasteiger partial charge in [-0.3, -0.25) is 0 Å². The summed E-state index contributed by atoms with van der Waals surface area (Å²) < 4.78 is 0. The van der Waals surface area contributed by atoms with E-state index >= 15 is 0 Å². The Balaban J connectivity index is -0.000000135. The Morgan fingerprint density at radius 2 is 1.15 bits per heavy atom. The summed E-state index contributed by atoms with van der Waals surface area (Å²) in [5.41, 5.74) is 0. The summed E-state index contributed by atoms with van der Waals surface area (Å²) in [6, 6.07) is 0. The van der Waals surface area contributed by atoms with Gasteiger partial charge in [-0.05, 0) is 0 Å². The van der Waals surface area contributed by atoms with E-state index in [1.807, 2.05) is 0 Å². The summed E-state index contributed by atoms with van der Waals surface area (Å²) in [6.45, 7) is 0. The molecule has 2 atom stereocenters. The molecule has 0 aliphatic rings. The fourth-order valence-electron chi connectivity index (χ4n) is 0.258. The van der Waals surface area contributed by atoms with Crippen LogP contribution in [0.5, 0.6) is 0 Å². The number of carboxylic acids is 2. The van der Waals surface area contributed by atoms with Crippen molar-refractivity contribution in [3.8, 4) is 0 Å². The number of carboxylic acid groups (broad SMARTS) is 2. The third-order valence-electron chi connectivity index (χ3n) is 0.782. The first kappa shape index (κ1) is 24.6. The van der Waals surface area contributed by atoms with E-state index in [0.717, 1.165) is 0 Å². The van der Waals surface area contributed by atoms with E-state index < -0.39 is 24.1 Å². The van der Waals surface area contributed by atoms with Gasteiger partial charge < -0.3 is 30.0 Å². The van der Waals surface area contributed by atoms with Crippen molar-refractivity contribution in [3.63, 3.8) is 0 Å². The van der Waals surface area contributed by atoms with E-state index in [4.69, 9.17) is 10.2 Å². The molecule has 0 fully saturated rings. The molecule has 2 unspecified atom stereocenters. The molecule has 6 nitrogen and oxygen atoms in total. The van der Waals surface area contributed by atoms with Crippen LogP contribution in [0.4, 0.5) is 0 Å². The van der Waals surface area contributed by atoms with Crippen molar-refractivity contribution in [1.29, 1.82) is 0 Å². The number of carbonyl (C=O) groups is 2. The van der Waals surface area contributed by atoms with Crippen LogP contribution in [0.3, 0.4) is 0 Å². The Morgan fingerprint density at radius 3 is 1.23 bits per heavy atom. The van der Waals surface area contributed by atoms with Gasteiger partial charge >= 0.3 is 108 Å². The van der Waals surface area contributed by atoms with E-state index in [1.165, 1.54) is 0 Å². The van der Waals surface area contributed by atoms with Gasteiger partial charge in [0.15, 0.2) is 0 Å². The maximum atomic E-state index is 9.63. The molecule has 2 radical (unpaired) electrons. The van der Waals surface area contributed by atoms with Crippen LogP contribution in [0.15, 0.2) is 0 Å². The third-order valence-corrected chi connectivity index (χ3v) is 0.782. The van der Waals surface area contributed by atoms with Gasteiger partial charge in [-0.25, -0.2) is 0 Å². The zero-order chi connectivity index (χ0) is 8.31. The summed E-state index contributed by atoms with van der Waals surface area (Å²) in [7, 11) is 0. The monoisotopic (exact) mass is 420 g/mol. The second kappa shape index (κ2) is 12.5. The third kappa shape index (κ3) is 10.7. The molecular formula is C4H6KNaO6Pb. The Morgan fingerprint density at radius 1 is 1.00 bits per heavy atom. The van der Waals surface area contributed by atoms with Crippen LogP contribution in [0.2, 0.25) is 0 Å². The van der Waals surface area contributed by atoms with E-state index in [2.05, 4.69) is 0 Å². The molecule has 0 heterocycles. The van der Waals surface area contributed by atoms with E-state index in [-0.39, 0.29) is 108 Å². The van der Waals surface area contributed by atoms with Crippen molar-refractivity contribution >= 4 is 39.2 Å². The maximum absolute atomic E-state index is 9.63. The van der Waals surface area contributed by atoms with Gasteiger partial charge in [-0.2, -0.15) is 0 Å². The molecule has 9 heteroatoms. The normalized spacial score (nSPS) is 12.2. The molecule has 0 aliphatic heterocycles. The zero-order valence-electron chi connectivity index (χ0n) is 7.39. The zero-order valence-corrected chi connectivity index (χ0v) is 18.0. The van der Waals surface area contributed by atoms with Crippen molar-refractivity contribution < 1.29 is 111 Å². The molecule has 0 aromatic carbocycles. The van der Waals surface area contributed by atoms with Crippen LogP contribution in [-0.4, -0.2) is 61.7 Å². The van der Waals surface area contributed by atoms with Gasteiger partial charge in [0.25, 0.3) is 0 Å². The molecular weight excluding hydrogens is 413 g/mol. The van der Waals surface area contributed by atoms with Crippen molar-refractivity contribution in [3.05, 3.63) is 0 Å². The second-order valence-electron chi connectivity index (χ2n) is 1.53. The Bertz CT molecular complexity index is 149. The summed E-state index contributed by atoms with van der Waals surface area (Å²) >= 11 is 0. The van der Waals surface area contributed by atoms with Crippen molar-refractivity contribution in [2.75, 3.05) is 0 Å². The molecule has 0 rings (SSSR count). The molecule has 0 aliphatic carbocycles. The molecule has 0 amide bonds. The average molecular weight is 419 g/mol. The Kier molecular flexibility index (Phi) is 23.6. The summed E-state index contributed by atoms with van der Waals surface area (Å²) in [6.07, 6.45) is -4.88. The number of aliphatic hydroxyl groups is 2. The van der Waals surface area contributed by atoms with Gasteiger partial charge in [-0.1, -0.05) is 0 Å². The first-order chi connectivity index (χ1) is 4.46. The van der Waals surface area contributed by atoms with E-state index in [1.54, 1.807) is 0 Å². The van der Waals surface area contributed by atoms with E-state index in [0.29, 0.717) is 0 Å². The van der Waals surface area contributed by atoms with E-state index in [9.17, 15) is 19.8 Å². The molecule has 2 N–H and O–H groups in total. The van der Waals surface area contributed by atoms with Crippen LogP contribution in [-0.2, 0) is 9.59 Å².